The molecule has 6 nitrogen and oxygen atoms in total. The third-order valence-electron chi connectivity index (χ3n) is 4.12. The Bertz CT molecular complexity index is 1130. The van der Waals surface area contributed by atoms with Crippen LogP contribution >= 0.6 is 0 Å². The van der Waals surface area contributed by atoms with Gasteiger partial charge in [0.15, 0.2) is 0 Å². The summed E-state index contributed by atoms with van der Waals surface area (Å²) in [6, 6.07) is 8.43. The van der Waals surface area contributed by atoms with Crippen LogP contribution in [0.1, 0.15) is 11.3 Å². The van der Waals surface area contributed by atoms with Gasteiger partial charge in [-0.3, -0.25) is 0 Å². The number of oxazole rings is 1. The van der Waals surface area contributed by atoms with Crippen LogP contribution < -0.4 is 9.46 Å². The van der Waals surface area contributed by atoms with Crippen LogP contribution in [0.5, 0.6) is 5.75 Å². The molecule has 0 amide bonds. The third kappa shape index (κ3) is 4.97. The number of nitrogens with zero attached hydrogens (tertiary/aromatic N) is 1. The van der Waals surface area contributed by atoms with Crippen molar-refractivity contribution in [2.45, 2.75) is 17.5 Å². The molecule has 1 aromatic heterocycles. The Balaban J connectivity index is 1.65. The van der Waals surface area contributed by atoms with Gasteiger partial charge in [-0.1, -0.05) is 0 Å². The first-order valence-electron chi connectivity index (χ1n) is 8.55. The second kappa shape index (κ2) is 8.44. The van der Waals surface area contributed by atoms with E-state index in [1.807, 2.05) is 0 Å². The molecule has 3 aromatic rings. The van der Waals surface area contributed by atoms with Gasteiger partial charge in [-0.2, -0.15) is 13.2 Å². The van der Waals surface area contributed by atoms with E-state index in [0.29, 0.717) is 29.0 Å². The molecule has 2 aromatic carbocycles. The van der Waals surface area contributed by atoms with Crippen LogP contribution in [0.2, 0.25) is 0 Å². The Morgan fingerprint density at radius 2 is 1.83 bits per heavy atom. The van der Waals surface area contributed by atoms with E-state index >= 15 is 0 Å². The second-order valence-corrected chi connectivity index (χ2v) is 7.93. The quantitative estimate of drug-likeness (QED) is 0.557. The lowest BCUT2D eigenvalue weighted by molar-refractivity contribution is -0.140. The molecule has 0 aliphatic heterocycles. The molecule has 0 atom stereocenters. The summed E-state index contributed by atoms with van der Waals surface area (Å²) in [5, 5.41) is 0. The van der Waals surface area contributed by atoms with Crippen molar-refractivity contribution in [1.29, 1.82) is 0 Å². The lowest BCUT2D eigenvalue weighted by Crippen LogP contribution is -2.26. The van der Waals surface area contributed by atoms with Crippen LogP contribution in [0, 0.1) is 5.82 Å². The highest BCUT2D eigenvalue weighted by atomic mass is 32.2. The van der Waals surface area contributed by atoms with Crippen molar-refractivity contribution in [3.8, 4) is 17.2 Å². The number of ether oxygens (including phenoxy) is 1. The lowest BCUT2D eigenvalue weighted by atomic mass is 10.2. The average Bonchev–Trinajstić information content (AvgIpc) is 3.16. The number of alkyl halides is 3. The van der Waals surface area contributed by atoms with Crippen LogP contribution in [0.3, 0.4) is 0 Å². The standard InChI is InChI=1S/C19H16F4N2O4S/c1-28-14-4-2-12(3-5-14)18-25-13(11-29-18)8-9-24-30(26,27)15-6-7-17(20)16(10-15)19(21,22)23/h2-7,10-11,24H,8-9H2,1H3. The molecule has 0 saturated heterocycles. The summed E-state index contributed by atoms with van der Waals surface area (Å²) in [6.07, 6.45) is -3.52. The summed E-state index contributed by atoms with van der Waals surface area (Å²) in [7, 11) is -2.74. The van der Waals surface area contributed by atoms with Gasteiger partial charge in [0.2, 0.25) is 15.9 Å². The molecule has 3 rings (SSSR count). The van der Waals surface area contributed by atoms with Crippen molar-refractivity contribution < 1.29 is 35.1 Å². The molecular formula is C19H16F4N2O4S. The summed E-state index contributed by atoms with van der Waals surface area (Å²) >= 11 is 0. The van der Waals surface area contributed by atoms with Gasteiger partial charge in [-0.15, -0.1) is 0 Å². The summed E-state index contributed by atoms with van der Waals surface area (Å²) < 4.78 is 88.8. The molecule has 1 heterocycles. The fourth-order valence-electron chi connectivity index (χ4n) is 2.57. The highest BCUT2D eigenvalue weighted by Crippen LogP contribution is 2.32. The molecule has 0 unspecified atom stereocenters. The van der Waals surface area contributed by atoms with Crippen molar-refractivity contribution in [2.75, 3.05) is 13.7 Å². The number of hydrogen-bond acceptors (Lipinski definition) is 5. The third-order valence-corrected chi connectivity index (χ3v) is 5.57. The van der Waals surface area contributed by atoms with Crippen molar-refractivity contribution in [3.63, 3.8) is 0 Å². The number of sulfonamides is 1. The number of benzene rings is 2. The maximum atomic E-state index is 13.4. The van der Waals surface area contributed by atoms with E-state index in [2.05, 4.69) is 9.71 Å². The Morgan fingerprint density at radius 3 is 2.47 bits per heavy atom. The van der Waals surface area contributed by atoms with E-state index < -0.39 is 32.5 Å². The van der Waals surface area contributed by atoms with E-state index in [1.165, 1.54) is 13.4 Å². The Hall–Kier alpha value is -2.92. The van der Waals surface area contributed by atoms with Crippen molar-refractivity contribution >= 4 is 10.0 Å². The Morgan fingerprint density at radius 1 is 1.13 bits per heavy atom. The largest absolute Gasteiger partial charge is 0.497 e. The number of hydrogen-bond donors (Lipinski definition) is 1. The van der Waals surface area contributed by atoms with Crippen LogP contribution in [0.15, 0.2) is 58.0 Å². The number of aromatic nitrogens is 1. The monoisotopic (exact) mass is 444 g/mol. The maximum Gasteiger partial charge on any atom is 0.419 e. The number of methoxy groups -OCH3 is 1. The molecule has 0 aliphatic carbocycles. The van der Waals surface area contributed by atoms with Crippen LogP contribution in [0.25, 0.3) is 11.5 Å². The molecule has 1 N–H and O–H groups in total. The zero-order valence-corrected chi connectivity index (χ0v) is 16.3. The first kappa shape index (κ1) is 21.8. The van der Waals surface area contributed by atoms with Crippen LogP contribution in [0.4, 0.5) is 17.6 Å². The summed E-state index contributed by atoms with van der Waals surface area (Å²) in [4.78, 5) is 3.56. The zero-order chi connectivity index (χ0) is 21.9. The van der Waals surface area contributed by atoms with Crippen LogP contribution in [-0.4, -0.2) is 27.1 Å². The Labute approximate surface area is 169 Å². The minimum Gasteiger partial charge on any atom is -0.497 e. The first-order chi connectivity index (χ1) is 14.1. The SMILES string of the molecule is COc1ccc(-c2nc(CCNS(=O)(=O)c3ccc(F)c(C(F)(F)F)c3)co2)cc1. The minimum atomic E-state index is -5.01. The predicted octanol–water partition coefficient (Wildman–Crippen LogP) is 4.03. The number of rotatable bonds is 7. The predicted molar refractivity (Wildman–Crippen MR) is 98.8 cm³/mol. The van der Waals surface area contributed by atoms with Gasteiger partial charge < -0.3 is 9.15 Å². The molecule has 0 fully saturated rings. The number of nitrogens with one attached hydrogen (secondary N) is 1. The average molecular weight is 444 g/mol. The van der Waals surface area contributed by atoms with E-state index in [9.17, 15) is 26.0 Å². The molecule has 11 heteroatoms. The molecule has 0 saturated carbocycles. The van der Waals surface area contributed by atoms with Gasteiger partial charge in [-0.05, 0) is 42.5 Å². The molecule has 160 valence electrons. The van der Waals surface area contributed by atoms with Gasteiger partial charge in [-0.25, -0.2) is 22.5 Å². The van der Waals surface area contributed by atoms with Crippen LogP contribution in [-0.2, 0) is 22.6 Å². The molecular weight excluding hydrogens is 428 g/mol. The van der Waals surface area contributed by atoms with Gasteiger partial charge in [0.05, 0.1) is 23.3 Å². The van der Waals surface area contributed by atoms with Gasteiger partial charge >= 0.3 is 6.18 Å². The second-order valence-electron chi connectivity index (χ2n) is 6.16. The minimum absolute atomic E-state index is 0.131. The zero-order valence-electron chi connectivity index (χ0n) is 15.5. The smallest absolute Gasteiger partial charge is 0.419 e. The highest BCUT2D eigenvalue weighted by molar-refractivity contribution is 7.89. The first-order valence-corrected chi connectivity index (χ1v) is 10.0. The maximum absolute atomic E-state index is 13.4. The molecule has 30 heavy (non-hydrogen) atoms. The highest BCUT2D eigenvalue weighted by Gasteiger charge is 2.35. The molecule has 0 bridgehead atoms. The molecule has 0 spiro atoms. The summed E-state index contributed by atoms with van der Waals surface area (Å²) in [5.41, 5.74) is -0.516. The summed E-state index contributed by atoms with van der Waals surface area (Å²) in [5.74, 6) is -0.562. The summed E-state index contributed by atoms with van der Waals surface area (Å²) in [6.45, 7) is -0.143. The normalized spacial score (nSPS) is 12.2. The fourth-order valence-corrected chi connectivity index (χ4v) is 3.63. The van der Waals surface area contributed by atoms with E-state index in [0.717, 1.165) is 6.07 Å². The Kier molecular flexibility index (Phi) is 6.13. The van der Waals surface area contributed by atoms with E-state index in [1.54, 1.807) is 24.3 Å². The van der Waals surface area contributed by atoms with Crippen molar-refractivity contribution in [2.24, 2.45) is 0 Å². The topological polar surface area (TPSA) is 81.4 Å². The van der Waals surface area contributed by atoms with E-state index in [4.69, 9.17) is 9.15 Å². The van der Waals surface area contributed by atoms with Crippen molar-refractivity contribution in [3.05, 3.63) is 65.8 Å². The lowest BCUT2D eigenvalue weighted by Gasteiger charge is -2.11. The van der Waals surface area contributed by atoms with Gasteiger partial charge in [0.25, 0.3) is 0 Å². The van der Waals surface area contributed by atoms with Crippen molar-refractivity contribution in [1.82, 2.24) is 9.71 Å². The van der Waals surface area contributed by atoms with Gasteiger partial charge in [0.1, 0.15) is 17.8 Å². The fraction of sp³-hybridized carbons (Fsp3) is 0.211. The molecule has 0 radical (unpaired) electrons. The molecule has 0 aliphatic rings. The van der Waals surface area contributed by atoms with Gasteiger partial charge in [0, 0.05) is 18.5 Å². The van der Waals surface area contributed by atoms with E-state index in [-0.39, 0.29) is 19.0 Å². The number of halogens is 4.